The zero-order valence-corrected chi connectivity index (χ0v) is 12.3. The van der Waals surface area contributed by atoms with E-state index in [0.29, 0.717) is 11.3 Å². The third-order valence-electron chi connectivity index (χ3n) is 2.69. The smallest absolute Gasteiger partial charge is 0.321 e. The maximum atomic E-state index is 12.9. The molecule has 0 aliphatic rings. The molecular formula is C14H14FN2O4P. The number of halogens is 1. The van der Waals surface area contributed by atoms with E-state index in [9.17, 15) is 13.8 Å². The van der Waals surface area contributed by atoms with Gasteiger partial charge in [-0.15, -0.1) is 0 Å². The van der Waals surface area contributed by atoms with Gasteiger partial charge in [0, 0.05) is 11.3 Å². The Labute approximate surface area is 126 Å². The van der Waals surface area contributed by atoms with Gasteiger partial charge in [0.2, 0.25) is 0 Å². The number of carbonyl (C=O) groups is 1. The van der Waals surface area contributed by atoms with Gasteiger partial charge in [0.15, 0.2) is 6.23 Å². The molecule has 0 aliphatic heterocycles. The van der Waals surface area contributed by atoms with Crippen LogP contribution in [-0.4, -0.2) is 10.9 Å². The Kier molecular flexibility index (Phi) is 5.66. The Bertz CT molecular complexity index is 652. The standard InChI is InChI=1S/C14H14FN2O4P/c15-11-8-6-10(7-9-11)13(21-22(19)20)17-14(18)16-12-4-2-1-3-5-12/h1-9,13,22H,(H,19,20)(H2,16,17,18). The molecule has 0 radical (unpaired) electrons. The summed E-state index contributed by atoms with van der Waals surface area (Å²) in [5.41, 5.74) is 0.895. The molecule has 116 valence electrons. The SMILES string of the molecule is O=C(Nc1ccccc1)NC(O[PH](=O)O)c1ccc(F)cc1. The van der Waals surface area contributed by atoms with Crippen LogP contribution in [0.1, 0.15) is 11.8 Å². The summed E-state index contributed by atoms with van der Waals surface area (Å²) in [7, 11) is -3.29. The Hall–Kier alpha value is -2.21. The highest BCUT2D eigenvalue weighted by molar-refractivity contribution is 7.32. The molecule has 2 aromatic rings. The van der Waals surface area contributed by atoms with Crippen molar-refractivity contribution in [3.63, 3.8) is 0 Å². The molecule has 0 aliphatic carbocycles. The first-order valence-electron chi connectivity index (χ1n) is 6.32. The number of rotatable bonds is 5. The molecule has 0 saturated heterocycles. The van der Waals surface area contributed by atoms with Gasteiger partial charge < -0.3 is 15.5 Å². The second-order valence-electron chi connectivity index (χ2n) is 4.28. The third-order valence-corrected chi connectivity index (χ3v) is 3.12. The highest BCUT2D eigenvalue weighted by Gasteiger charge is 2.17. The summed E-state index contributed by atoms with van der Waals surface area (Å²) in [6.45, 7) is 0. The van der Waals surface area contributed by atoms with Gasteiger partial charge in [0.1, 0.15) is 5.82 Å². The van der Waals surface area contributed by atoms with Crippen LogP contribution in [0.25, 0.3) is 0 Å². The van der Waals surface area contributed by atoms with Crippen LogP contribution in [0.2, 0.25) is 0 Å². The number of anilines is 1. The van der Waals surface area contributed by atoms with Crippen LogP contribution in [0.15, 0.2) is 54.6 Å². The lowest BCUT2D eigenvalue weighted by atomic mass is 10.2. The van der Waals surface area contributed by atoms with Crippen LogP contribution in [0.4, 0.5) is 14.9 Å². The van der Waals surface area contributed by atoms with Crippen molar-refractivity contribution in [2.24, 2.45) is 0 Å². The van der Waals surface area contributed by atoms with Crippen LogP contribution in [0.3, 0.4) is 0 Å². The Morgan fingerprint density at radius 3 is 2.36 bits per heavy atom. The molecular weight excluding hydrogens is 310 g/mol. The predicted molar refractivity (Wildman–Crippen MR) is 80.0 cm³/mol. The summed E-state index contributed by atoms with van der Waals surface area (Å²) in [6.07, 6.45) is -1.17. The van der Waals surface area contributed by atoms with E-state index in [0.717, 1.165) is 12.1 Å². The van der Waals surface area contributed by atoms with Crippen LogP contribution < -0.4 is 10.6 Å². The first kappa shape index (κ1) is 16.2. The van der Waals surface area contributed by atoms with Crippen molar-refractivity contribution in [2.45, 2.75) is 6.23 Å². The van der Waals surface area contributed by atoms with E-state index >= 15 is 0 Å². The Morgan fingerprint density at radius 2 is 1.77 bits per heavy atom. The van der Waals surface area contributed by atoms with Gasteiger partial charge in [-0.1, -0.05) is 30.3 Å². The number of benzene rings is 2. The normalized spacial score (nSPS) is 13.2. The second-order valence-corrected chi connectivity index (χ2v) is 5.05. The quantitative estimate of drug-likeness (QED) is 0.583. The number of para-hydroxylation sites is 1. The highest BCUT2D eigenvalue weighted by Crippen LogP contribution is 2.27. The lowest BCUT2D eigenvalue weighted by Gasteiger charge is -2.18. The van der Waals surface area contributed by atoms with E-state index in [1.807, 2.05) is 0 Å². The summed E-state index contributed by atoms with van der Waals surface area (Å²) in [6, 6.07) is 13.1. The average molecular weight is 324 g/mol. The summed E-state index contributed by atoms with van der Waals surface area (Å²) in [5, 5.41) is 4.95. The number of urea groups is 1. The van der Waals surface area contributed by atoms with Gasteiger partial charge >= 0.3 is 14.3 Å². The van der Waals surface area contributed by atoms with Crippen LogP contribution in [-0.2, 0) is 9.09 Å². The van der Waals surface area contributed by atoms with Crippen LogP contribution in [0, 0.1) is 5.82 Å². The topological polar surface area (TPSA) is 87.7 Å². The van der Waals surface area contributed by atoms with Crippen LogP contribution in [0.5, 0.6) is 0 Å². The summed E-state index contributed by atoms with van der Waals surface area (Å²) < 4.78 is 28.6. The molecule has 6 nitrogen and oxygen atoms in total. The van der Waals surface area contributed by atoms with Gasteiger partial charge in [-0.05, 0) is 24.3 Å². The van der Waals surface area contributed by atoms with Gasteiger partial charge in [0.25, 0.3) is 0 Å². The van der Waals surface area contributed by atoms with E-state index in [1.165, 1.54) is 12.1 Å². The van der Waals surface area contributed by atoms with E-state index in [1.54, 1.807) is 30.3 Å². The third kappa shape index (κ3) is 4.96. The monoisotopic (exact) mass is 324 g/mol. The van der Waals surface area contributed by atoms with Crippen molar-refractivity contribution in [3.05, 3.63) is 66.0 Å². The lowest BCUT2D eigenvalue weighted by molar-refractivity contribution is 0.161. The largest absolute Gasteiger partial charge is 0.326 e. The Morgan fingerprint density at radius 1 is 1.14 bits per heavy atom. The van der Waals surface area contributed by atoms with E-state index in [-0.39, 0.29) is 0 Å². The maximum Gasteiger partial charge on any atom is 0.321 e. The molecule has 22 heavy (non-hydrogen) atoms. The first-order chi connectivity index (χ1) is 10.5. The fourth-order valence-electron chi connectivity index (χ4n) is 1.73. The molecule has 0 spiro atoms. The van der Waals surface area contributed by atoms with Crippen LogP contribution >= 0.6 is 8.25 Å². The molecule has 0 fully saturated rings. The van der Waals surface area contributed by atoms with E-state index < -0.39 is 26.3 Å². The van der Waals surface area contributed by atoms with Gasteiger partial charge in [0.05, 0.1) is 0 Å². The second kappa shape index (κ2) is 7.70. The lowest BCUT2D eigenvalue weighted by Crippen LogP contribution is -2.33. The number of carbonyl (C=O) groups excluding carboxylic acids is 1. The zero-order valence-electron chi connectivity index (χ0n) is 11.3. The Balaban J connectivity index is 2.07. The number of hydrogen-bond acceptors (Lipinski definition) is 3. The molecule has 2 aromatic carbocycles. The molecule has 2 amide bonds. The van der Waals surface area contributed by atoms with E-state index in [2.05, 4.69) is 10.6 Å². The van der Waals surface area contributed by atoms with Gasteiger partial charge in [-0.2, -0.15) is 0 Å². The minimum atomic E-state index is -3.29. The summed E-state index contributed by atoms with van der Waals surface area (Å²) in [5.74, 6) is -0.465. The maximum absolute atomic E-state index is 12.9. The average Bonchev–Trinajstić information content (AvgIpc) is 2.48. The van der Waals surface area contributed by atoms with Crippen molar-refractivity contribution < 1.29 is 23.2 Å². The summed E-state index contributed by atoms with van der Waals surface area (Å²) in [4.78, 5) is 20.8. The zero-order chi connectivity index (χ0) is 15.9. The first-order valence-corrected chi connectivity index (χ1v) is 7.58. The van der Waals surface area contributed by atoms with E-state index in [4.69, 9.17) is 9.42 Å². The molecule has 3 N–H and O–H groups in total. The fraction of sp³-hybridized carbons (Fsp3) is 0.0714. The molecule has 2 unspecified atom stereocenters. The van der Waals surface area contributed by atoms with Gasteiger partial charge in [-0.3, -0.25) is 9.09 Å². The highest BCUT2D eigenvalue weighted by atomic mass is 31.1. The number of amides is 2. The minimum Gasteiger partial charge on any atom is -0.326 e. The molecule has 0 heterocycles. The molecule has 8 heteroatoms. The van der Waals surface area contributed by atoms with Crippen molar-refractivity contribution >= 4 is 20.0 Å². The molecule has 0 saturated carbocycles. The number of hydrogen-bond donors (Lipinski definition) is 3. The van der Waals surface area contributed by atoms with Crippen molar-refractivity contribution in [1.29, 1.82) is 0 Å². The number of nitrogens with one attached hydrogen (secondary N) is 2. The predicted octanol–water partition coefficient (Wildman–Crippen LogP) is 3.04. The van der Waals surface area contributed by atoms with Gasteiger partial charge in [-0.25, -0.2) is 9.18 Å². The molecule has 0 bridgehead atoms. The summed E-state index contributed by atoms with van der Waals surface area (Å²) >= 11 is 0. The minimum absolute atomic E-state index is 0.344. The molecule has 2 atom stereocenters. The molecule has 0 aromatic heterocycles. The van der Waals surface area contributed by atoms with Crippen molar-refractivity contribution in [2.75, 3.05) is 5.32 Å². The van der Waals surface area contributed by atoms with Crippen molar-refractivity contribution in [3.8, 4) is 0 Å². The fourth-order valence-corrected chi connectivity index (χ4v) is 2.12. The molecule has 2 rings (SSSR count). The van der Waals surface area contributed by atoms with Crippen molar-refractivity contribution in [1.82, 2.24) is 5.32 Å².